The van der Waals surface area contributed by atoms with Gasteiger partial charge in [0.05, 0.1) is 24.8 Å². The number of nitrogens with zero attached hydrogens (tertiary/aromatic N) is 3. The third-order valence-corrected chi connectivity index (χ3v) is 8.91. The Kier molecular flexibility index (Phi) is 9.91. The summed E-state index contributed by atoms with van der Waals surface area (Å²) in [5.74, 6) is -1.71. The molecule has 12 heteroatoms. The number of aromatic nitrogens is 2. The average Bonchev–Trinajstić information content (AvgIpc) is 3.59. The number of benzene rings is 3. The highest BCUT2D eigenvalue weighted by molar-refractivity contribution is 8.00. The number of anilines is 1. The van der Waals surface area contributed by atoms with Gasteiger partial charge >= 0.3 is 5.91 Å². The minimum atomic E-state index is -1.09. The van der Waals surface area contributed by atoms with Gasteiger partial charge in [0.2, 0.25) is 5.13 Å². The lowest BCUT2D eigenvalue weighted by Crippen LogP contribution is -2.29. The maximum Gasteiger partial charge on any atom is 0.301 e. The van der Waals surface area contributed by atoms with Crippen molar-refractivity contribution in [3.8, 4) is 11.5 Å². The van der Waals surface area contributed by atoms with Crippen LogP contribution in [0.15, 0.2) is 76.6 Å². The lowest BCUT2D eigenvalue weighted by Gasteiger charge is -2.23. The number of unbranched alkanes of at least 4 members (excludes halogenated alkanes) is 1. The molecule has 0 saturated carbocycles. The molecule has 0 bridgehead atoms. The van der Waals surface area contributed by atoms with Crippen molar-refractivity contribution in [3.05, 3.63) is 101 Å². The van der Waals surface area contributed by atoms with Crippen LogP contribution in [0.5, 0.6) is 11.5 Å². The van der Waals surface area contributed by atoms with Crippen LogP contribution in [-0.4, -0.2) is 40.2 Å². The van der Waals surface area contributed by atoms with E-state index < -0.39 is 29.3 Å². The summed E-state index contributed by atoms with van der Waals surface area (Å²) >= 11 is 2.46. The summed E-state index contributed by atoms with van der Waals surface area (Å²) in [6, 6.07) is 15.1. The van der Waals surface area contributed by atoms with Crippen molar-refractivity contribution in [3.63, 3.8) is 0 Å². The monoisotopic (exact) mass is 637 g/mol. The first kappa shape index (κ1) is 31.1. The van der Waals surface area contributed by atoms with Crippen molar-refractivity contribution < 1.29 is 33.0 Å². The number of rotatable bonds is 12. The summed E-state index contributed by atoms with van der Waals surface area (Å²) in [6.07, 6.45) is 1.80. The molecule has 2 heterocycles. The molecular formula is C32H29F2N3O5S2. The third-order valence-electron chi connectivity index (χ3n) is 6.78. The first-order valence-corrected chi connectivity index (χ1v) is 15.8. The van der Waals surface area contributed by atoms with Crippen LogP contribution < -0.4 is 14.4 Å². The van der Waals surface area contributed by atoms with Crippen LogP contribution in [0.2, 0.25) is 0 Å². The van der Waals surface area contributed by atoms with E-state index in [-0.39, 0.29) is 22.1 Å². The molecule has 1 unspecified atom stereocenters. The molecule has 0 radical (unpaired) electrons. The standard InChI is InChI=1S/C32H29F2N3O5S2/c1-3-5-16-42-24-15-10-21(17-25(24)41-4-2)27-26(28(38)20-8-13-23(34)14-9-20)29(39)30(40)37(27)31-35-36-32(44-31)43-18-19-6-11-22(33)12-7-19/h6-15,17,27,38H,3-5,16,18H2,1-2H3/b28-26+. The molecule has 0 aliphatic carbocycles. The molecule has 1 aromatic heterocycles. The number of hydrogen-bond donors (Lipinski definition) is 1. The predicted molar refractivity (Wildman–Crippen MR) is 165 cm³/mol. The highest BCUT2D eigenvalue weighted by atomic mass is 32.2. The van der Waals surface area contributed by atoms with Gasteiger partial charge in [-0.1, -0.05) is 54.6 Å². The number of aliphatic hydroxyl groups is 1. The molecule has 1 aliphatic heterocycles. The van der Waals surface area contributed by atoms with Crippen molar-refractivity contribution >= 4 is 45.7 Å². The second kappa shape index (κ2) is 14.0. The molecule has 1 fully saturated rings. The maximum absolute atomic E-state index is 13.7. The van der Waals surface area contributed by atoms with Crippen molar-refractivity contribution in [2.45, 2.75) is 42.8 Å². The maximum atomic E-state index is 13.7. The molecule has 3 aromatic carbocycles. The first-order valence-electron chi connectivity index (χ1n) is 14.0. The van der Waals surface area contributed by atoms with E-state index in [1.165, 1.54) is 40.9 Å². The highest BCUT2D eigenvalue weighted by Gasteiger charge is 2.48. The fraction of sp³-hybridized carbons (Fsp3) is 0.250. The summed E-state index contributed by atoms with van der Waals surface area (Å²) in [5, 5.41) is 19.9. The van der Waals surface area contributed by atoms with Gasteiger partial charge in [0.25, 0.3) is 5.78 Å². The molecule has 5 rings (SSSR count). The van der Waals surface area contributed by atoms with Gasteiger partial charge in [-0.05, 0) is 73.0 Å². The number of Topliss-reactive ketones (excluding diaryl/α,β-unsaturated/α-hetero) is 1. The van der Waals surface area contributed by atoms with Gasteiger partial charge in [-0.3, -0.25) is 14.5 Å². The van der Waals surface area contributed by atoms with Gasteiger partial charge in [0.1, 0.15) is 17.4 Å². The number of ketones is 1. The van der Waals surface area contributed by atoms with E-state index in [2.05, 4.69) is 17.1 Å². The van der Waals surface area contributed by atoms with Crippen LogP contribution in [0.1, 0.15) is 49.4 Å². The Balaban J connectivity index is 1.56. The van der Waals surface area contributed by atoms with Crippen LogP contribution in [0, 0.1) is 11.6 Å². The van der Waals surface area contributed by atoms with Crippen molar-refractivity contribution in [1.82, 2.24) is 10.2 Å². The molecular weight excluding hydrogens is 608 g/mol. The Hall–Kier alpha value is -4.29. The number of aliphatic hydroxyl groups excluding tert-OH is 1. The predicted octanol–water partition coefficient (Wildman–Crippen LogP) is 7.31. The summed E-state index contributed by atoms with van der Waals surface area (Å²) in [7, 11) is 0. The van der Waals surface area contributed by atoms with Crippen molar-refractivity contribution in [2.24, 2.45) is 0 Å². The number of halogens is 2. The van der Waals surface area contributed by atoms with Gasteiger partial charge < -0.3 is 14.6 Å². The van der Waals surface area contributed by atoms with Crippen molar-refractivity contribution in [2.75, 3.05) is 18.1 Å². The molecule has 1 saturated heterocycles. The zero-order chi connectivity index (χ0) is 31.2. The minimum Gasteiger partial charge on any atom is -0.507 e. The molecule has 4 aromatic rings. The number of carbonyl (C=O) groups excluding carboxylic acids is 2. The molecule has 1 amide bonds. The summed E-state index contributed by atoms with van der Waals surface area (Å²) in [5.41, 5.74) is 1.33. The van der Waals surface area contributed by atoms with Gasteiger partial charge in [0.15, 0.2) is 15.8 Å². The van der Waals surface area contributed by atoms with Gasteiger partial charge in [-0.15, -0.1) is 10.2 Å². The zero-order valence-electron chi connectivity index (χ0n) is 24.0. The molecule has 44 heavy (non-hydrogen) atoms. The summed E-state index contributed by atoms with van der Waals surface area (Å²) < 4.78 is 39.3. The zero-order valence-corrected chi connectivity index (χ0v) is 25.6. The minimum absolute atomic E-state index is 0.151. The number of ether oxygens (including phenoxy) is 2. The second-order valence-corrected chi connectivity index (χ2v) is 12.0. The Morgan fingerprint density at radius 3 is 2.34 bits per heavy atom. The first-order chi connectivity index (χ1) is 21.3. The molecule has 1 atom stereocenters. The van der Waals surface area contributed by atoms with E-state index in [4.69, 9.17) is 9.47 Å². The largest absolute Gasteiger partial charge is 0.507 e. The average molecular weight is 638 g/mol. The number of hydrogen-bond acceptors (Lipinski definition) is 9. The van der Waals surface area contributed by atoms with Crippen LogP contribution in [0.25, 0.3) is 5.76 Å². The Morgan fingerprint density at radius 1 is 0.955 bits per heavy atom. The van der Waals surface area contributed by atoms with Crippen LogP contribution in [-0.2, 0) is 15.3 Å². The van der Waals surface area contributed by atoms with Gasteiger partial charge in [-0.2, -0.15) is 0 Å². The van der Waals surface area contributed by atoms with Crippen LogP contribution >= 0.6 is 23.1 Å². The fourth-order valence-electron chi connectivity index (χ4n) is 4.60. The molecule has 1 aliphatic rings. The van der Waals surface area contributed by atoms with Crippen LogP contribution in [0.3, 0.4) is 0 Å². The molecule has 0 spiro atoms. The normalized spacial score (nSPS) is 16.0. The summed E-state index contributed by atoms with van der Waals surface area (Å²) in [4.78, 5) is 28.3. The fourth-order valence-corrected chi connectivity index (χ4v) is 6.42. The molecule has 228 valence electrons. The van der Waals surface area contributed by atoms with E-state index in [1.807, 2.05) is 6.92 Å². The second-order valence-electron chi connectivity index (χ2n) is 9.78. The topological polar surface area (TPSA) is 102 Å². The Morgan fingerprint density at radius 2 is 1.66 bits per heavy atom. The van der Waals surface area contributed by atoms with E-state index in [0.717, 1.165) is 41.9 Å². The van der Waals surface area contributed by atoms with E-state index in [0.29, 0.717) is 40.4 Å². The van der Waals surface area contributed by atoms with Crippen LogP contribution in [0.4, 0.5) is 13.9 Å². The Labute approximate surface area is 261 Å². The van der Waals surface area contributed by atoms with Gasteiger partial charge in [-0.25, -0.2) is 8.78 Å². The van der Waals surface area contributed by atoms with Crippen molar-refractivity contribution in [1.29, 1.82) is 0 Å². The number of carbonyl (C=O) groups is 2. The Bertz CT molecular complexity index is 1680. The highest BCUT2D eigenvalue weighted by Crippen LogP contribution is 2.45. The number of amides is 1. The van der Waals surface area contributed by atoms with E-state index in [9.17, 15) is 23.5 Å². The molecule has 8 nitrogen and oxygen atoms in total. The quantitative estimate of drug-likeness (QED) is 0.0431. The smallest absolute Gasteiger partial charge is 0.301 e. The third kappa shape index (κ3) is 6.76. The van der Waals surface area contributed by atoms with E-state index >= 15 is 0 Å². The SMILES string of the molecule is CCCCOc1ccc(C2/C(=C(\O)c3ccc(F)cc3)C(=O)C(=O)N2c2nnc(SCc3ccc(F)cc3)s2)cc1OCC. The van der Waals surface area contributed by atoms with Gasteiger partial charge in [0, 0.05) is 11.3 Å². The summed E-state index contributed by atoms with van der Waals surface area (Å²) in [6.45, 7) is 4.71. The molecule has 1 N–H and O–H groups in total. The number of thioether (sulfide) groups is 1. The lowest BCUT2D eigenvalue weighted by molar-refractivity contribution is -0.132. The lowest BCUT2D eigenvalue weighted by atomic mass is 9.95. The van der Waals surface area contributed by atoms with E-state index in [1.54, 1.807) is 30.3 Å².